The predicted octanol–water partition coefficient (Wildman–Crippen LogP) is 1.74. The number of ketones is 1. The molecule has 0 saturated heterocycles. The molecule has 0 spiro atoms. The Morgan fingerprint density at radius 1 is 1.56 bits per heavy atom. The van der Waals surface area contributed by atoms with Crippen LogP contribution >= 0.6 is 11.7 Å². The van der Waals surface area contributed by atoms with E-state index in [9.17, 15) is 4.79 Å². The van der Waals surface area contributed by atoms with E-state index in [0.29, 0.717) is 11.7 Å². The molecule has 0 atom stereocenters. The number of carbonyl (C=O) groups is 1. The van der Waals surface area contributed by atoms with Crippen LogP contribution in [0.2, 0.25) is 0 Å². The van der Waals surface area contributed by atoms with E-state index in [0.717, 1.165) is 17.4 Å². The first-order valence-electron chi connectivity index (χ1n) is 5.01. The van der Waals surface area contributed by atoms with Crippen molar-refractivity contribution in [3.63, 3.8) is 0 Å². The van der Waals surface area contributed by atoms with E-state index < -0.39 is 0 Å². The van der Waals surface area contributed by atoms with Crippen molar-refractivity contribution < 1.29 is 4.79 Å². The molecule has 16 heavy (non-hydrogen) atoms. The zero-order valence-corrected chi connectivity index (χ0v) is 9.94. The van der Waals surface area contributed by atoms with E-state index in [-0.39, 0.29) is 12.2 Å². The SMILES string of the molecule is CC(C)n1ccc(CC(=O)c2cnsn2)n1. The molecule has 0 amide bonds. The first-order chi connectivity index (χ1) is 7.66. The summed E-state index contributed by atoms with van der Waals surface area (Å²) in [5, 5.41) is 4.31. The average Bonchev–Trinajstić information content (AvgIpc) is 2.87. The van der Waals surface area contributed by atoms with Crippen LogP contribution in [-0.4, -0.2) is 24.3 Å². The summed E-state index contributed by atoms with van der Waals surface area (Å²) >= 11 is 1.04. The van der Waals surface area contributed by atoms with Gasteiger partial charge in [0.2, 0.25) is 0 Å². The summed E-state index contributed by atoms with van der Waals surface area (Å²) in [6, 6.07) is 2.17. The monoisotopic (exact) mass is 236 g/mol. The highest BCUT2D eigenvalue weighted by atomic mass is 32.1. The zero-order valence-electron chi connectivity index (χ0n) is 9.12. The second-order valence-electron chi connectivity index (χ2n) is 3.77. The molecule has 84 valence electrons. The average molecular weight is 236 g/mol. The highest BCUT2D eigenvalue weighted by molar-refractivity contribution is 6.99. The summed E-state index contributed by atoms with van der Waals surface area (Å²) in [5.74, 6) is -0.0391. The van der Waals surface area contributed by atoms with Gasteiger partial charge in [0.25, 0.3) is 0 Å². The predicted molar refractivity (Wildman–Crippen MR) is 60.6 cm³/mol. The summed E-state index contributed by atoms with van der Waals surface area (Å²) in [4.78, 5) is 11.7. The molecule has 6 heteroatoms. The summed E-state index contributed by atoms with van der Waals surface area (Å²) in [6.07, 6.45) is 3.66. The van der Waals surface area contributed by atoms with Crippen molar-refractivity contribution >= 4 is 17.5 Å². The van der Waals surface area contributed by atoms with E-state index in [2.05, 4.69) is 13.8 Å². The Balaban J connectivity index is 2.07. The van der Waals surface area contributed by atoms with E-state index in [1.54, 1.807) is 0 Å². The molecule has 0 fully saturated rings. The Labute approximate surface area is 97.4 Å². The Bertz CT molecular complexity index is 475. The van der Waals surface area contributed by atoms with Crippen LogP contribution in [0.15, 0.2) is 18.5 Å². The van der Waals surface area contributed by atoms with Gasteiger partial charge >= 0.3 is 0 Å². The highest BCUT2D eigenvalue weighted by Crippen LogP contribution is 2.07. The summed E-state index contributed by atoms with van der Waals surface area (Å²) in [6.45, 7) is 4.09. The van der Waals surface area contributed by atoms with Gasteiger partial charge in [0.15, 0.2) is 5.78 Å². The number of nitrogens with zero attached hydrogens (tertiary/aromatic N) is 4. The van der Waals surface area contributed by atoms with Crippen LogP contribution in [0.25, 0.3) is 0 Å². The molecule has 2 aromatic rings. The van der Waals surface area contributed by atoms with Crippen molar-refractivity contribution in [2.24, 2.45) is 0 Å². The molecule has 2 heterocycles. The third-order valence-electron chi connectivity index (χ3n) is 2.18. The van der Waals surface area contributed by atoms with Crippen LogP contribution in [-0.2, 0) is 6.42 Å². The Morgan fingerprint density at radius 2 is 2.38 bits per heavy atom. The molecule has 0 aliphatic heterocycles. The molecule has 0 bridgehead atoms. The van der Waals surface area contributed by atoms with Crippen molar-refractivity contribution in [1.82, 2.24) is 18.5 Å². The minimum Gasteiger partial charge on any atom is -0.292 e. The fraction of sp³-hybridized carbons (Fsp3) is 0.400. The number of Topliss-reactive ketones (excluding diaryl/α,β-unsaturated/α-hetero) is 1. The molecule has 0 N–H and O–H groups in total. The molecule has 0 aliphatic rings. The molecule has 0 saturated carbocycles. The molecular formula is C10H12N4OS. The third kappa shape index (κ3) is 2.33. The fourth-order valence-corrected chi connectivity index (χ4v) is 1.73. The summed E-state index contributed by atoms with van der Waals surface area (Å²) < 4.78 is 9.54. The van der Waals surface area contributed by atoms with Crippen molar-refractivity contribution in [1.29, 1.82) is 0 Å². The molecule has 0 unspecified atom stereocenters. The van der Waals surface area contributed by atoms with Gasteiger partial charge in [0.05, 0.1) is 30.0 Å². The minimum atomic E-state index is -0.0391. The number of carbonyl (C=O) groups excluding carboxylic acids is 1. The van der Waals surface area contributed by atoms with Gasteiger partial charge in [0.1, 0.15) is 5.69 Å². The lowest BCUT2D eigenvalue weighted by Crippen LogP contribution is -2.06. The number of hydrogen-bond acceptors (Lipinski definition) is 5. The second kappa shape index (κ2) is 4.52. The van der Waals surface area contributed by atoms with Crippen molar-refractivity contribution in [3.8, 4) is 0 Å². The first-order valence-corrected chi connectivity index (χ1v) is 5.74. The summed E-state index contributed by atoms with van der Waals surface area (Å²) in [7, 11) is 0. The number of aromatic nitrogens is 4. The van der Waals surface area contributed by atoms with Gasteiger partial charge in [-0.15, -0.1) is 0 Å². The zero-order chi connectivity index (χ0) is 11.5. The van der Waals surface area contributed by atoms with Crippen LogP contribution in [0, 0.1) is 0 Å². The maximum Gasteiger partial charge on any atom is 0.189 e. The lowest BCUT2D eigenvalue weighted by Gasteiger charge is -2.03. The lowest BCUT2D eigenvalue weighted by molar-refractivity contribution is 0.0988. The van der Waals surface area contributed by atoms with Crippen molar-refractivity contribution in [2.45, 2.75) is 26.3 Å². The fourth-order valence-electron chi connectivity index (χ4n) is 1.30. The maximum absolute atomic E-state index is 11.7. The molecular weight excluding hydrogens is 224 g/mol. The highest BCUT2D eigenvalue weighted by Gasteiger charge is 2.12. The largest absolute Gasteiger partial charge is 0.292 e. The van der Waals surface area contributed by atoms with E-state index >= 15 is 0 Å². The Morgan fingerprint density at radius 3 is 2.94 bits per heavy atom. The number of hydrogen-bond donors (Lipinski definition) is 0. The first kappa shape index (κ1) is 10.9. The van der Waals surface area contributed by atoms with Gasteiger partial charge in [-0.1, -0.05) is 0 Å². The van der Waals surface area contributed by atoms with Gasteiger partial charge in [-0.2, -0.15) is 13.8 Å². The standard InChI is InChI=1S/C10H12N4OS/c1-7(2)14-4-3-8(12-14)5-10(15)9-6-11-16-13-9/h3-4,6-7H,5H2,1-2H3. The van der Waals surface area contributed by atoms with Gasteiger partial charge < -0.3 is 0 Å². The quantitative estimate of drug-likeness (QED) is 0.759. The van der Waals surface area contributed by atoms with Gasteiger partial charge in [-0.05, 0) is 19.9 Å². The van der Waals surface area contributed by atoms with Gasteiger partial charge in [-0.3, -0.25) is 9.48 Å². The number of rotatable bonds is 4. The van der Waals surface area contributed by atoms with E-state index in [1.165, 1.54) is 6.20 Å². The van der Waals surface area contributed by atoms with Crippen LogP contribution in [0.3, 0.4) is 0 Å². The Kier molecular flexibility index (Phi) is 3.09. The summed E-state index contributed by atoms with van der Waals surface area (Å²) in [5.41, 5.74) is 1.19. The third-order valence-corrected chi connectivity index (χ3v) is 2.66. The molecule has 2 aromatic heterocycles. The van der Waals surface area contributed by atoms with E-state index in [1.807, 2.05) is 30.8 Å². The van der Waals surface area contributed by atoms with Gasteiger partial charge in [-0.25, -0.2) is 0 Å². The van der Waals surface area contributed by atoms with Crippen molar-refractivity contribution in [2.75, 3.05) is 0 Å². The maximum atomic E-state index is 11.7. The molecule has 0 radical (unpaired) electrons. The topological polar surface area (TPSA) is 60.7 Å². The van der Waals surface area contributed by atoms with Crippen LogP contribution in [0.4, 0.5) is 0 Å². The van der Waals surface area contributed by atoms with E-state index in [4.69, 9.17) is 0 Å². The lowest BCUT2D eigenvalue weighted by atomic mass is 10.2. The van der Waals surface area contributed by atoms with Crippen LogP contribution in [0.5, 0.6) is 0 Å². The van der Waals surface area contributed by atoms with Crippen LogP contribution < -0.4 is 0 Å². The van der Waals surface area contributed by atoms with Crippen LogP contribution in [0.1, 0.15) is 36.1 Å². The van der Waals surface area contributed by atoms with Crippen molar-refractivity contribution in [3.05, 3.63) is 29.8 Å². The molecule has 5 nitrogen and oxygen atoms in total. The van der Waals surface area contributed by atoms with Gasteiger partial charge in [0, 0.05) is 12.2 Å². The normalized spacial score (nSPS) is 10.9. The Hall–Kier alpha value is -1.56. The second-order valence-corrected chi connectivity index (χ2v) is 4.33. The molecule has 2 rings (SSSR count). The minimum absolute atomic E-state index is 0.0391. The molecule has 0 aromatic carbocycles. The smallest absolute Gasteiger partial charge is 0.189 e. The molecule has 0 aliphatic carbocycles.